The van der Waals surface area contributed by atoms with Gasteiger partial charge in [0.05, 0.1) is 17.7 Å². The highest BCUT2D eigenvalue weighted by atomic mass is 32.1. The Labute approximate surface area is 82.4 Å². The molecule has 1 aromatic heterocycles. The van der Waals surface area contributed by atoms with Crippen LogP contribution in [0.3, 0.4) is 0 Å². The number of aromatic nitrogens is 1. The van der Waals surface area contributed by atoms with E-state index in [-0.39, 0.29) is 6.10 Å². The molecule has 13 heavy (non-hydrogen) atoms. The molecule has 1 atom stereocenters. The summed E-state index contributed by atoms with van der Waals surface area (Å²) in [6, 6.07) is 0. The van der Waals surface area contributed by atoms with Crippen LogP contribution in [-0.4, -0.2) is 29.9 Å². The average molecular weight is 201 g/mol. The van der Waals surface area contributed by atoms with Gasteiger partial charge >= 0.3 is 0 Å². The molecule has 4 heteroatoms. The van der Waals surface area contributed by atoms with Crippen molar-refractivity contribution < 1.29 is 9.84 Å². The summed E-state index contributed by atoms with van der Waals surface area (Å²) in [4.78, 5) is 5.37. The number of rotatable bonds is 5. The Morgan fingerprint density at radius 3 is 3.08 bits per heavy atom. The van der Waals surface area contributed by atoms with E-state index >= 15 is 0 Å². The van der Waals surface area contributed by atoms with E-state index in [1.165, 1.54) is 0 Å². The highest BCUT2D eigenvalue weighted by molar-refractivity contribution is 7.11. The van der Waals surface area contributed by atoms with Gasteiger partial charge in [-0.25, -0.2) is 4.98 Å². The maximum absolute atomic E-state index is 9.15. The summed E-state index contributed by atoms with van der Waals surface area (Å²) in [5.41, 5.74) is 0. The normalized spacial score (nSPS) is 13.2. The monoisotopic (exact) mass is 201 g/mol. The molecule has 3 nitrogen and oxygen atoms in total. The van der Waals surface area contributed by atoms with Crippen LogP contribution in [0.25, 0.3) is 0 Å². The van der Waals surface area contributed by atoms with E-state index in [1.54, 1.807) is 25.4 Å². The minimum Gasteiger partial charge on any atom is -0.393 e. The van der Waals surface area contributed by atoms with Crippen molar-refractivity contribution in [3.05, 3.63) is 16.1 Å². The molecule has 0 saturated heterocycles. The molecular weight excluding hydrogens is 186 g/mol. The van der Waals surface area contributed by atoms with Gasteiger partial charge in [0.25, 0.3) is 0 Å². The van der Waals surface area contributed by atoms with Crippen molar-refractivity contribution in [3.8, 4) is 0 Å². The van der Waals surface area contributed by atoms with Gasteiger partial charge in [-0.15, -0.1) is 11.3 Å². The second kappa shape index (κ2) is 5.32. The van der Waals surface area contributed by atoms with Crippen molar-refractivity contribution >= 4 is 11.3 Å². The Morgan fingerprint density at radius 1 is 1.69 bits per heavy atom. The van der Waals surface area contributed by atoms with E-state index in [0.29, 0.717) is 13.0 Å². The lowest BCUT2D eigenvalue weighted by Gasteiger charge is -1.98. The number of nitrogens with zero attached hydrogens (tertiary/aromatic N) is 1. The summed E-state index contributed by atoms with van der Waals surface area (Å²) in [5.74, 6) is 0. The van der Waals surface area contributed by atoms with Crippen molar-refractivity contribution in [2.24, 2.45) is 0 Å². The van der Waals surface area contributed by atoms with Crippen molar-refractivity contribution in [2.75, 3.05) is 13.7 Å². The third-order valence-corrected chi connectivity index (χ3v) is 2.70. The van der Waals surface area contributed by atoms with Gasteiger partial charge < -0.3 is 9.84 Å². The molecule has 0 bridgehead atoms. The Balaban J connectivity index is 2.44. The SMILES string of the molecule is COCCc1ncc(CC(C)O)s1. The van der Waals surface area contributed by atoms with Crippen molar-refractivity contribution in [3.63, 3.8) is 0 Å². The van der Waals surface area contributed by atoms with Crippen molar-refractivity contribution in [1.29, 1.82) is 0 Å². The maximum Gasteiger partial charge on any atom is 0.0950 e. The van der Waals surface area contributed by atoms with Crippen LogP contribution in [0.2, 0.25) is 0 Å². The molecule has 1 aromatic rings. The zero-order chi connectivity index (χ0) is 9.68. The lowest BCUT2D eigenvalue weighted by molar-refractivity contribution is 0.196. The number of thiazole rings is 1. The molecule has 0 aliphatic heterocycles. The minimum absolute atomic E-state index is 0.282. The van der Waals surface area contributed by atoms with Crippen molar-refractivity contribution in [2.45, 2.75) is 25.9 Å². The van der Waals surface area contributed by atoms with E-state index in [4.69, 9.17) is 9.84 Å². The molecule has 0 spiro atoms. The average Bonchev–Trinajstić information content (AvgIpc) is 2.48. The third kappa shape index (κ3) is 3.85. The van der Waals surface area contributed by atoms with E-state index in [9.17, 15) is 0 Å². The fourth-order valence-electron chi connectivity index (χ4n) is 1.04. The molecular formula is C9H15NO2S. The van der Waals surface area contributed by atoms with Crippen LogP contribution in [0, 0.1) is 0 Å². The Bertz CT molecular complexity index is 248. The third-order valence-electron chi connectivity index (χ3n) is 1.62. The highest BCUT2D eigenvalue weighted by Gasteiger charge is 2.04. The van der Waals surface area contributed by atoms with Gasteiger partial charge in [-0.05, 0) is 6.92 Å². The van der Waals surface area contributed by atoms with Gasteiger partial charge in [0.1, 0.15) is 0 Å². The molecule has 1 heterocycles. The zero-order valence-corrected chi connectivity index (χ0v) is 8.80. The summed E-state index contributed by atoms with van der Waals surface area (Å²) in [6.45, 7) is 2.50. The van der Waals surface area contributed by atoms with Gasteiger partial charge in [-0.1, -0.05) is 0 Å². The second-order valence-electron chi connectivity index (χ2n) is 3.02. The zero-order valence-electron chi connectivity index (χ0n) is 7.99. The summed E-state index contributed by atoms with van der Waals surface area (Å²) >= 11 is 1.65. The van der Waals surface area contributed by atoms with Gasteiger partial charge in [-0.2, -0.15) is 0 Å². The second-order valence-corrected chi connectivity index (χ2v) is 4.22. The number of ether oxygens (including phenoxy) is 1. The van der Waals surface area contributed by atoms with Gasteiger partial charge in [0, 0.05) is 31.0 Å². The predicted octanol–water partition coefficient (Wildman–Crippen LogP) is 1.26. The van der Waals surface area contributed by atoms with E-state index in [0.717, 1.165) is 16.3 Å². The first-order chi connectivity index (χ1) is 6.22. The smallest absolute Gasteiger partial charge is 0.0950 e. The first kappa shape index (κ1) is 10.6. The van der Waals surface area contributed by atoms with Gasteiger partial charge in [0.2, 0.25) is 0 Å². The molecule has 1 rings (SSSR count). The number of hydrogen-bond donors (Lipinski definition) is 1. The summed E-state index contributed by atoms with van der Waals surface area (Å²) in [7, 11) is 1.68. The molecule has 0 aromatic carbocycles. The fourth-order valence-corrected chi connectivity index (χ4v) is 2.06. The summed E-state index contributed by atoms with van der Waals surface area (Å²) < 4.78 is 4.95. The molecule has 0 amide bonds. The highest BCUT2D eigenvalue weighted by Crippen LogP contribution is 2.15. The first-order valence-electron chi connectivity index (χ1n) is 4.33. The number of hydrogen-bond acceptors (Lipinski definition) is 4. The Kier molecular flexibility index (Phi) is 4.35. The van der Waals surface area contributed by atoms with E-state index in [2.05, 4.69) is 4.98 Å². The van der Waals surface area contributed by atoms with Crippen LogP contribution in [0.5, 0.6) is 0 Å². The predicted molar refractivity (Wildman–Crippen MR) is 53.1 cm³/mol. The maximum atomic E-state index is 9.15. The first-order valence-corrected chi connectivity index (χ1v) is 5.14. The lowest BCUT2D eigenvalue weighted by Crippen LogP contribution is -2.01. The Morgan fingerprint density at radius 2 is 2.46 bits per heavy atom. The van der Waals surface area contributed by atoms with Gasteiger partial charge in [-0.3, -0.25) is 0 Å². The molecule has 0 fully saturated rings. The van der Waals surface area contributed by atoms with E-state index < -0.39 is 0 Å². The molecule has 1 unspecified atom stereocenters. The largest absolute Gasteiger partial charge is 0.393 e. The van der Waals surface area contributed by atoms with Crippen LogP contribution in [0.4, 0.5) is 0 Å². The molecule has 0 aliphatic rings. The quantitative estimate of drug-likeness (QED) is 0.779. The molecule has 0 radical (unpaired) electrons. The van der Waals surface area contributed by atoms with Crippen LogP contribution >= 0.6 is 11.3 Å². The van der Waals surface area contributed by atoms with Crippen LogP contribution in [0.1, 0.15) is 16.8 Å². The number of aliphatic hydroxyl groups is 1. The summed E-state index contributed by atoms with van der Waals surface area (Å²) in [6.07, 6.45) is 3.12. The standard InChI is InChI=1S/C9H15NO2S/c1-7(11)5-8-6-10-9(13-8)3-4-12-2/h6-7,11H,3-5H2,1-2H3. The van der Waals surface area contributed by atoms with Crippen LogP contribution in [-0.2, 0) is 17.6 Å². The molecule has 0 aliphatic carbocycles. The van der Waals surface area contributed by atoms with Gasteiger partial charge in [0.15, 0.2) is 0 Å². The number of aliphatic hydroxyl groups excluding tert-OH is 1. The topological polar surface area (TPSA) is 42.4 Å². The molecule has 74 valence electrons. The summed E-state index contributed by atoms with van der Waals surface area (Å²) in [5, 5.41) is 10.2. The van der Waals surface area contributed by atoms with Crippen LogP contribution < -0.4 is 0 Å². The lowest BCUT2D eigenvalue weighted by atomic mass is 10.3. The fraction of sp³-hybridized carbons (Fsp3) is 0.667. The molecule has 1 N–H and O–H groups in total. The van der Waals surface area contributed by atoms with E-state index in [1.807, 2.05) is 6.20 Å². The minimum atomic E-state index is -0.282. The Hall–Kier alpha value is -0.450. The van der Waals surface area contributed by atoms with Crippen LogP contribution in [0.15, 0.2) is 6.20 Å². The van der Waals surface area contributed by atoms with Crippen molar-refractivity contribution in [1.82, 2.24) is 4.98 Å². The molecule has 0 saturated carbocycles. The number of methoxy groups -OCH3 is 1.